The second kappa shape index (κ2) is 19.8. The highest BCUT2D eigenvalue weighted by atomic mass is 32.1. The number of rotatable bonds is 13. The number of amides is 4. The fraction of sp³-hybridized carbons (Fsp3) is 0.556. The Labute approximate surface area is 375 Å². The van der Waals surface area contributed by atoms with Gasteiger partial charge in [0, 0.05) is 42.5 Å². The normalized spacial score (nSPS) is 20.0. The lowest BCUT2D eigenvalue weighted by molar-refractivity contribution is -0.163. The van der Waals surface area contributed by atoms with E-state index < -0.39 is 73.2 Å². The van der Waals surface area contributed by atoms with Gasteiger partial charge in [0.15, 0.2) is 0 Å². The van der Waals surface area contributed by atoms with Gasteiger partial charge in [0.2, 0.25) is 31.3 Å². The molecule has 0 radical (unpaired) electrons. The Kier molecular flexibility index (Phi) is 15.0. The van der Waals surface area contributed by atoms with Crippen LogP contribution < -0.4 is 5.32 Å². The van der Waals surface area contributed by atoms with Crippen molar-refractivity contribution >= 4 is 64.6 Å². The second-order valence-corrected chi connectivity index (χ2v) is 21.6. The molecule has 1 aromatic heterocycles. The van der Waals surface area contributed by atoms with Gasteiger partial charge in [0.25, 0.3) is 5.91 Å². The number of thiophene rings is 1. The monoisotopic (exact) mass is 930 g/mol. The van der Waals surface area contributed by atoms with Gasteiger partial charge in [-0.15, -0.1) is 11.3 Å². The number of alkyl halides is 2. The zero-order valence-electron chi connectivity index (χ0n) is 37.1. The van der Waals surface area contributed by atoms with Crippen LogP contribution in [0.2, 0.25) is 0 Å². The zero-order chi connectivity index (χ0) is 46.6. The van der Waals surface area contributed by atoms with Crippen molar-refractivity contribution < 1.29 is 60.6 Å². The summed E-state index contributed by atoms with van der Waals surface area (Å²) >= 11 is 0.999. The molecule has 3 fully saturated rings. The van der Waals surface area contributed by atoms with Gasteiger partial charge in [0.1, 0.15) is 12.1 Å². The van der Waals surface area contributed by atoms with Crippen LogP contribution in [0.5, 0.6) is 0 Å². The van der Waals surface area contributed by atoms with Crippen LogP contribution in [0.3, 0.4) is 0 Å². The van der Waals surface area contributed by atoms with Crippen molar-refractivity contribution in [3.05, 3.63) is 70.6 Å². The molecule has 0 bridgehead atoms. The highest BCUT2D eigenvalue weighted by Gasteiger charge is 2.56. The molecule has 15 nitrogen and oxygen atoms in total. The van der Waals surface area contributed by atoms with Crippen LogP contribution in [-0.2, 0) is 59.1 Å². The average Bonchev–Trinajstić information content (AvgIpc) is 3.87. The summed E-state index contributed by atoms with van der Waals surface area (Å²) in [7, 11) is -5.59. The molecular formula is C45H57F2N4O11PS. The Morgan fingerprint density at radius 1 is 0.781 bits per heavy atom. The number of hydrogen-bond donors (Lipinski definition) is 1. The summed E-state index contributed by atoms with van der Waals surface area (Å²) in [5.41, 5.74) is -6.33. The van der Waals surface area contributed by atoms with Crippen molar-refractivity contribution in [2.45, 2.75) is 110 Å². The van der Waals surface area contributed by atoms with Crippen LogP contribution in [0.15, 0.2) is 54.6 Å². The van der Waals surface area contributed by atoms with Crippen molar-refractivity contribution in [1.82, 2.24) is 20.0 Å². The molecule has 0 saturated carbocycles. The van der Waals surface area contributed by atoms with Crippen molar-refractivity contribution in [3.63, 3.8) is 0 Å². The predicted molar refractivity (Wildman–Crippen MR) is 233 cm³/mol. The average molecular weight is 931 g/mol. The molecule has 4 amide bonds. The Bertz CT molecular complexity index is 2230. The number of carbonyl (C=O) groups is 6. The first-order valence-corrected chi connectivity index (χ1v) is 23.8. The van der Waals surface area contributed by atoms with E-state index in [2.05, 4.69) is 5.32 Å². The van der Waals surface area contributed by atoms with Gasteiger partial charge in [0.05, 0.1) is 22.1 Å². The lowest BCUT2D eigenvalue weighted by Crippen LogP contribution is -2.59. The van der Waals surface area contributed by atoms with Crippen LogP contribution in [0, 0.1) is 10.8 Å². The summed E-state index contributed by atoms with van der Waals surface area (Å²) in [6.07, 6.45) is 3.93. The van der Waals surface area contributed by atoms with Gasteiger partial charge < -0.3 is 29.5 Å². The van der Waals surface area contributed by atoms with Crippen molar-refractivity contribution in [1.29, 1.82) is 0 Å². The highest BCUT2D eigenvalue weighted by molar-refractivity contribution is 7.54. The molecule has 3 aromatic rings. The summed E-state index contributed by atoms with van der Waals surface area (Å²) in [5, 5.41) is 3.04. The molecule has 4 heterocycles. The molecule has 0 aliphatic carbocycles. The number of hydrogen-bond acceptors (Lipinski definition) is 12. The lowest BCUT2D eigenvalue weighted by Gasteiger charge is -2.39. The standard InChI is InChI=1S/C45H57F2N4O11PS/c1-43(2,3)41(56)59-27-61-63(58,62-28-60-42(57)44(4,5)6)45(46,47)31-16-19-35-30(25-31)26-36(64-35)38(53)48-33-15-11-10-14-32-17-18-34(51(32)39(33)54)40(55)50-22-20-49(21-23-50)37(52)24-29-12-8-7-9-13-29/h7-9,12-13,16,19,25-26,32-34H,10-11,14-15,17-18,20-24,27-28H2,1-6H3,(H,48,53)/t32-,33?,34-/m0/s1. The fourth-order valence-corrected chi connectivity index (χ4v) is 10.0. The van der Waals surface area contributed by atoms with Gasteiger partial charge >= 0.3 is 25.2 Å². The molecule has 3 atom stereocenters. The molecule has 3 aliphatic heterocycles. The van der Waals surface area contributed by atoms with Gasteiger partial charge in [-0.3, -0.25) is 42.4 Å². The highest BCUT2D eigenvalue weighted by Crippen LogP contribution is 2.67. The van der Waals surface area contributed by atoms with E-state index in [1.165, 1.54) is 53.7 Å². The molecule has 348 valence electrons. The van der Waals surface area contributed by atoms with Crippen LogP contribution in [0.25, 0.3) is 10.1 Å². The zero-order valence-corrected chi connectivity index (χ0v) is 38.8. The van der Waals surface area contributed by atoms with Crippen LogP contribution in [0.1, 0.15) is 101 Å². The van der Waals surface area contributed by atoms with Gasteiger partial charge in [-0.25, -0.2) is 0 Å². The van der Waals surface area contributed by atoms with E-state index in [9.17, 15) is 33.3 Å². The third-order valence-electron chi connectivity index (χ3n) is 11.5. The third kappa shape index (κ3) is 11.2. The summed E-state index contributed by atoms with van der Waals surface area (Å²) in [6.45, 7) is 8.32. The van der Waals surface area contributed by atoms with E-state index in [-0.39, 0.29) is 40.4 Å². The first kappa shape index (κ1) is 48.7. The Morgan fingerprint density at radius 2 is 1.38 bits per heavy atom. The summed E-state index contributed by atoms with van der Waals surface area (Å²) < 4.78 is 66.8. The van der Waals surface area contributed by atoms with Crippen molar-refractivity contribution in [3.8, 4) is 0 Å². The van der Waals surface area contributed by atoms with E-state index in [1.54, 1.807) is 14.7 Å². The smallest absolute Gasteiger partial charge is 0.410 e. The van der Waals surface area contributed by atoms with E-state index >= 15 is 8.78 Å². The summed E-state index contributed by atoms with van der Waals surface area (Å²) in [5.74, 6) is -2.79. The second-order valence-electron chi connectivity index (χ2n) is 18.4. The number of esters is 2. The van der Waals surface area contributed by atoms with Crippen LogP contribution in [-0.4, -0.2) is 108 Å². The minimum Gasteiger partial charge on any atom is -0.438 e. The van der Waals surface area contributed by atoms with Gasteiger partial charge in [-0.1, -0.05) is 49.2 Å². The number of fused-ring (bicyclic) bond motifs is 2. The van der Waals surface area contributed by atoms with Gasteiger partial charge in [-0.2, -0.15) is 8.78 Å². The molecule has 6 rings (SSSR count). The predicted octanol–water partition coefficient (Wildman–Crippen LogP) is 7.22. The number of nitrogens with one attached hydrogen (secondary N) is 1. The van der Waals surface area contributed by atoms with Crippen LogP contribution in [0.4, 0.5) is 8.78 Å². The van der Waals surface area contributed by atoms with E-state index in [0.717, 1.165) is 41.9 Å². The third-order valence-corrected chi connectivity index (χ3v) is 14.5. The number of nitrogens with zero attached hydrogens (tertiary/aromatic N) is 3. The van der Waals surface area contributed by atoms with Gasteiger partial charge in [-0.05, 0) is 96.4 Å². The Hall–Kier alpha value is -4.77. The number of benzene rings is 2. The topological polar surface area (TPSA) is 178 Å². The molecule has 0 spiro atoms. The largest absolute Gasteiger partial charge is 0.438 e. The van der Waals surface area contributed by atoms with Crippen molar-refractivity contribution in [2.75, 3.05) is 39.8 Å². The van der Waals surface area contributed by atoms with Crippen molar-refractivity contribution in [2.24, 2.45) is 10.8 Å². The van der Waals surface area contributed by atoms with E-state index in [0.29, 0.717) is 56.6 Å². The number of halogens is 2. The molecule has 1 N–H and O–H groups in total. The minimum atomic E-state index is -5.59. The quantitative estimate of drug-likeness (QED) is 0.104. The molecule has 3 saturated heterocycles. The minimum absolute atomic E-state index is 0.0100. The fourth-order valence-electron chi connectivity index (χ4n) is 7.84. The molecule has 3 aliphatic rings. The Morgan fingerprint density at radius 3 is 1.98 bits per heavy atom. The van der Waals surface area contributed by atoms with E-state index in [4.69, 9.17) is 18.5 Å². The maximum absolute atomic E-state index is 16.3. The number of piperazine rings is 1. The summed E-state index contributed by atoms with van der Waals surface area (Å²) in [6, 6.07) is 12.4. The SMILES string of the molecule is CC(C)(C)C(=O)OCOP(=O)(OCOC(=O)C(C)(C)C)C(F)(F)c1ccc2sc(C(=O)NC3CCCC[C@H]4CC[C@@H](C(=O)N5CCN(C(=O)Cc6ccccc6)CC5)N4C3=O)cc2c1. The van der Waals surface area contributed by atoms with Crippen LogP contribution >= 0.6 is 18.9 Å². The Balaban J connectivity index is 1.13. The summed E-state index contributed by atoms with van der Waals surface area (Å²) in [4.78, 5) is 85.0. The molecule has 19 heteroatoms. The molecule has 2 aromatic carbocycles. The first-order chi connectivity index (χ1) is 30.1. The lowest BCUT2D eigenvalue weighted by atomic mass is 9.98. The number of ether oxygens (including phenoxy) is 2. The number of carbonyl (C=O) groups excluding carboxylic acids is 6. The first-order valence-electron chi connectivity index (χ1n) is 21.5. The maximum atomic E-state index is 16.3. The molecular weight excluding hydrogens is 874 g/mol. The molecule has 64 heavy (non-hydrogen) atoms. The maximum Gasteiger partial charge on any atom is 0.410 e. The van der Waals surface area contributed by atoms with E-state index in [1.807, 2.05) is 30.3 Å². The molecule has 1 unspecified atom stereocenters.